The van der Waals surface area contributed by atoms with E-state index in [-0.39, 0.29) is 5.91 Å². The first-order chi connectivity index (χ1) is 9.13. The van der Waals surface area contributed by atoms with Gasteiger partial charge in [-0.05, 0) is 42.0 Å². The highest BCUT2D eigenvalue weighted by Gasteiger charge is 1.99. The Bertz CT molecular complexity index is 569. The molecule has 4 heteroatoms. The maximum Gasteiger partial charge on any atom is 0.221 e. The van der Waals surface area contributed by atoms with Crippen LogP contribution in [0.15, 0.2) is 53.4 Å². The van der Waals surface area contributed by atoms with Crippen molar-refractivity contribution in [2.45, 2.75) is 17.6 Å². The largest absolute Gasteiger partial charge is 0.326 e. The summed E-state index contributed by atoms with van der Waals surface area (Å²) in [6.45, 7) is 1.50. The molecule has 2 nitrogen and oxygen atoms in total. The molecule has 1 N–H and O–H groups in total. The Morgan fingerprint density at radius 3 is 2.58 bits per heavy atom. The number of hydrogen-bond acceptors (Lipinski definition) is 2. The van der Waals surface area contributed by atoms with E-state index in [2.05, 4.69) is 11.4 Å². The SMILES string of the molecule is CC(=O)Nc1ccc(SCc2cccc(Cl)c2)cc1. The maximum atomic E-state index is 10.9. The average molecular weight is 292 g/mol. The number of rotatable bonds is 4. The summed E-state index contributed by atoms with van der Waals surface area (Å²) >= 11 is 7.68. The van der Waals surface area contributed by atoms with E-state index < -0.39 is 0 Å². The molecule has 0 aromatic heterocycles. The monoisotopic (exact) mass is 291 g/mol. The van der Waals surface area contributed by atoms with Crippen molar-refractivity contribution in [3.8, 4) is 0 Å². The summed E-state index contributed by atoms with van der Waals surface area (Å²) in [6, 6.07) is 15.7. The van der Waals surface area contributed by atoms with E-state index in [4.69, 9.17) is 11.6 Å². The van der Waals surface area contributed by atoms with Crippen LogP contribution in [0.5, 0.6) is 0 Å². The van der Waals surface area contributed by atoms with Crippen LogP contribution in [-0.2, 0) is 10.5 Å². The van der Waals surface area contributed by atoms with Crippen molar-refractivity contribution in [3.05, 3.63) is 59.1 Å². The number of hydrogen-bond donors (Lipinski definition) is 1. The number of halogens is 1. The molecule has 98 valence electrons. The third-order valence-electron chi connectivity index (χ3n) is 2.47. The van der Waals surface area contributed by atoms with Gasteiger partial charge in [0.1, 0.15) is 0 Å². The van der Waals surface area contributed by atoms with Crippen LogP contribution in [0.4, 0.5) is 5.69 Å². The highest BCUT2D eigenvalue weighted by Crippen LogP contribution is 2.25. The zero-order valence-corrected chi connectivity index (χ0v) is 12.1. The van der Waals surface area contributed by atoms with Crippen molar-refractivity contribution in [2.75, 3.05) is 5.32 Å². The Balaban J connectivity index is 1.94. The van der Waals surface area contributed by atoms with Gasteiger partial charge in [-0.2, -0.15) is 0 Å². The second kappa shape index (κ2) is 6.64. The minimum atomic E-state index is -0.0562. The second-order valence-corrected chi connectivity index (χ2v) is 5.61. The van der Waals surface area contributed by atoms with Crippen LogP contribution in [0.25, 0.3) is 0 Å². The first kappa shape index (κ1) is 14.0. The molecule has 0 atom stereocenters. The lowest BCUT2D eigenvalue weighted by Crippen LogP contribution is -2.05. The lowest BCUT2D eigenvalue weighted by molar-refractivity contribution is -0.114. The van der Waals surface area contributed by atoms with Gasteiger partial charge in [0.2, 0.25) is 5.91 Å². The molecule has 0 aliphatic carbocycles. The summed E-state index contributed by atoms with van der Waals surface area (Å²) < 4.78 is 0. The number of benzene rings is 2. The van der Waals surface area contributed by atoms with Crippen LogP contribution in [-0.4, -0.2) is 5.91 Å². The fraction of sp³-hybridized carbons (Fsp3) is 0.133. The molecule has 0 spiro atoms. The molecule has 2 aromatic carbocycles. The molecule has 0 saturated carbocycles. The fourth-order valence-corrected chi connectivity index (χ4v) is 2.69. The molecule has 0 fully saturated rings. The molecule has 19 heavy (non-hydrogen) atoms. The standard InChI is InChI=1S/C15H14ClNOS/c1-11(18)17-14-5-7-15(8-6-14)19-10-12-3-2-4-13(16)9-12/h2-9H,10H2,1H3,(H,17,18). The molecule has 0 bridgehead atoms. The Hall–Kier alpha value is -1.45. The highest BCUT2D eigenvalue weighted by atomic mass is 35.5. The predicted molar refractivity (Wildman–Crippen MR) is 81.8 cm³/mol. The molecule has 0 heterocycles. The number of anilines is 1. The van der Waals surface area contributed by atoms with Crippen molar-refractivity contribution in [1.82, 2.24) is 0 Å². The summed E-state index contributed by atoms with van der Waals surface area (Å²) in [4.78, 5) is 12.1. The fourth-order valence-electron chi connectivity index (χ4n) is 1.63. The molecule has 0 saturated heterocycles. The topological polar surface area (TPSA) is 29.1 Å². The van der Waals surface area contributed by atoms with Gasteiger partial charge in [0.15, 0.2) is 0 Å². The lowest BCUT2D eigenvalue weighted by Gasteiger charge is -2.05. The highest BCUT2D eigenvalue weighted by molar-refractivity contribution is 7.98. The zero-order chi connectivity index (χ0) is 13.7. The molecule has 0 aliphatic rings. The Morgan fingerprint density at radius 1 is 1.21 bits per heavy atom. The number of carbonyl (C=O) groups excluding carboxylic acids is 1. The third-order valence-corrected chi connectivity index (χ3v) is 3.79. The van der Waals surface area contributed by atoms with Crippen LogP contribution in [0.1, 0.15) is 12.5 Å². The summed E-state index contributed by atoms with van der Waals surface area (Å²) in [6.07, 6.45) is 0. The minimum absolute atomic E-state index is 0.0562. The van der Waals surface area contributed by atoms with Crippen LogP contribution >= 0.6 is 23.4 Å². The van der Waals surface area contributed by atoms with Gasteiger partial charge in [0.05, 0.1) is 0 Å². The number of amides is 1. The summed E-state index contributed by atoms with van der Waals surface area (Å²) in [7, 11) is 0. The third kappa shape index (κ3) is 4.62. The van der Waals surface area contributed by atoms with E-state index in [0.717, 1.165) is 21.4 Å². The number of nitrogens with one attached hydrogen (secondary N) is 1. The van der Waals surface area contributed by atoms with Crippen molar-refractivity contribution in [3.63, 3.8) is 0 Å². The minimum Gasteiger partial charge on any atom is -0.326 e. The molecule has 1 amide bonds. The molecule has 0 unspecified atom stereocenters. The van der Waals surface area contributed by atoms with Crippen molar-refractivity contribution >= 4 is 35.0 Å². The number of thioether (sulfide) groups is 1. The van der Waals surface area contributed by atoms with Gasteiger partial charge in [-0.15, -0.1) is 11.8 Å². The van der Waals surface area contributed by atoms with Crippen molar-refractivity contribution < 1.29 is 4.79 Å². The summed E-state index contributed by atoms with van der Waals surface area (Å²) in [5.41, 5.74) is 2.02. The van der Waals surface area contributed by atoms with E-state index >= 15 is 0 Å². The van der Waals surface area contributed by atoms with Gasteiger partial charge < -0.3 is 5.32 Å². The molecule has 0 radical (unpaired) electrons. The van der Waals surface area contributed by atoms with Gasteiger partial charge in [-0.3, -0.25) is 4.79 Å². The van der Waals surface area contributed by atoms with Crippen LogP contribution in [0.2, 0.25) is 5.02 Å². The average Bonchev–Trinajstić information content (AvgIpc) is 2.37. The summed E-state index contributed by atoms with van der Waals surface area (Å²) in [5.74, 6) is 0.819. The van der Waals surface area contributed by atoms with Crippen molar-refractivity contribution in [1.29, 1.82) is 0 Å². The van der Waals surface area contributed by atoms with Gasteiger partial charge in [0, 0.05) is 28.3 Å². The molecule has 0 aliphatic heterocycles. The smallest absolute Gasteiger partial charge is 0.221 e. The second-order valence-electron chi connectivity index (χ2n) is 4.12. The van der Waals surface area contributed by atoms with E-state index in [1.807, 2.05) is 42.5 Å². The van der Waals surface area contributed by atoms with Gasteiger partial charge >= 0.3 is 0 Å². The molecular weight excluding hydrogens is 278 g/mol. The Kier molecular flexibility index (Phi) is 4.88. The van der Waals surface area contributed by atoms with Crippen LogP contribution in [0, 0.1) is 0 Å². The van der Waals surface area contributed by atoms with Gasteiger partial charge in [-0.25, -0.2) is 0 Å². The number of carbonyl (C=O) groups is 1. The quantitative estimate of drug-likeness (QED) is 0.835. The zero-order valence-electron chi connectivity index (χ0n) is 10.5. The first-order valence-electron chi connectivity index (χ1n) is 5.88. The Labute approximate surface area is 122 Å². The van der Waals surface area contributed by atoms with E-state index in [9.17, 15) is 4.79 Å². The maximum absolute atomic E-state index is 10.9. The molecular formula is C15H14ClNOS. The van der Waals surface area contributed by atoms with Crippen LogP contribution in [0.3, 0.4) is 0 Å². The van der Waals surface area contributed by atoms with Gasteiger partial charge in [-0.1, -0.05) is 23.7 Å². The normalized spacial score (nSPS) is 10.2. The molecule has 2 rings (SSSR count). The summed E-state index contributed by atoms with van der Waals surface area (Å²) in [5, 5.41) is 3.51. The lowest BCUT2D eigenvalue weighted by atomic mass is 10.2. The first-order valence-corrected chi connectivity index (χ1v) is 7.25. The van der Waals surface area contributed by atoms with Crippen LogP contribution < -0.4 is 5.32 Å². The van der Waals surface area contributed by atoms with Crippen molar-refractivity contribution in [2.24, 2.45) is 0 Å². The predicted octanol–water partition coefficient (Wildman–Crippen LogP) is 4.59. The van der Waals surface area contributed by atoms with E-state index in [1.165, 1.54) is 12.5 Å². The Morgan fingerprint density at radius 2 is 1.95 bits per heavy atom. The van der Waals surface area contributed by atoms with E-state index in [1.54, 1.807) is 11.8 Å². The van der Waals surface area contributed by atoms with E-state index in [0.29, 0.717) is 0 Å². The van der Waals surface area contributed by atoms with Gasteiger partial charge in [0.25, 0.3) is 0 Å². The molecule has 2 aromatic rings.